The Labute approximate surface area is 99.6 Å². The first-order valence-corrected chi connectivity index (χ1v) is 5.73. The van der Waals surface area contributed by atoms with E-state index in [2.05, 4.69) is 0 Å². The number of anilines is 1. The van der Waals surface area contributed by atoms with Gasteiger partial charge >= 0.3 is 5.97 Å². The topological polar surface area (TPSA) is 40.5 Å². The molecular formula is C12H14ClNO2. The highest BCUT2D eigenvalue weighted by atomic mass is 35.5. The van der Waals surface area contributed by atoms with Crippen molar-refractivity contribution >= 4 is 23.3 Å². The van der Waals surface area contributed by atoms with Crippen LogP contribution < -0.4 is 4.90 Å². The lowest BCUT2D eigenvalue weighted by atomic mass is 9.91. The Bertz CT molecular complexity index is 415. The fraction of sp³-hybridized carbons (Fsp3) is 0.417. The van der Waals surface area contributed by atoms with E-state index in [9.17, 15) is 4.79 Å². The third kappa shape index (κ3) is 1.87. The maximum Gasteiger partial charge on any atom is 0.339 e. The molecule has 86 valence electrons. The Kier molecular flexibility index (Phi) is 3.06. The second-order valence-corrected chi connectivity index (χ2v) is 4.54. The maximum absolute atomic E-state index is 11.2. The molecular weight excluding hydrogens is 226 g/mol. The van der Waals surface area contributed by atoms with Crippen molar-refractivity contribution < 1.29 is 9.90 Å². The van der Waals surface area contributed by atoms with Crippen molar-refractivity contribution in [1.82, 2.24) is 0 Å². The van der Waals surface area contributed by atoms with Gasteiger partial charge in [-0.3, -0.25) is 0 Å². The molecule has 2 rings (SSSR count). The van der Waals surface area contributed by atoms with Crippen LogP contribution in [-0.2, 0) is 0 Å². The summed E-state index contributed by atoms with van der Waals surface area (Å²) in [6.07, 6.45) is 3.47. The molecule has 1 aliphatic carbocycles. The molecule has 1 saturated carbocycles. The number of rotatable bonds is 3. The number of aromatic carboxylic acids is 1. The van der Waals surface area contributed by atoms with Gasteiger partial charge in [0, 0.05) is 13.1 Å². The number of hydrogen-bond donors (Lipinski definition) is 1. The average molecular weight is 240 g/mol. The van der Waals surface area contributed by atoms with Crippen molar-refractivity contribution in [2.75, 3.05) is 11.9 Å². The largest absolute Gasteiger partial charge is 0.478 e. The summed E-state index contributed by atoms with van der Waals surface area (Å²) >= 11 is 5.93. The van der Waals surface area contributed by atoms with Crippen LogP contribution in [0.1, 0.15) is 29.6 Å². The molecule has 0 spiro atoms. The average Bonchev–Trinajstić information content (AvgIpc) is 2.13. The van der Waals surface area contributed by atoms with Crippen LogP contribution in [0.25, 0.3) is 0 Å². The molecule has 0 bridgehead atoms. The molecule has 0 heterocycles. The molecule has 0 aromatic heterocycles. The van der Waals surface area contributed by atoms with Crippen LogP contribution >= 0.6 is 11.6 Å². The number of halogens is 1. The van der Waals surface area contributed by atoms with Gasteiger partial charge in [-0.2, -0.15) is 0 Å². The molecule has 4 heteroatoms. The highest BCUT2D eigenvalue weighted by Gasteiger charge is 2.26. The van der Waals surface area contributed by atoms with E-state index in [0.717, 1.165) is 12.8 Å². The Balaban J connectivity index is 2.38. The number of benzene rings is 1. The first kappa shape index (κ1) is 11.3. The Morgan fingerprint density at radius 2 is 2.19 bits per heavy atom. The van der Waals surface area contributed by atoms with Gasteiger partial charge in [0.1, 0.15) is 5.56 Å². The van der Waals surface area contributed by atoms with Crippen LogP contribution in [0.15, 0.2) is 18.2 Å². The fourth-order valence-corrected chi connectivity index (χ4v) is 2.24. The third-order valence-corrected chi connectivity index (χ3v) is 3.52. The van der Waals surface area contributed by atoms with Gasteiger partial charge in [0.15, 0.2) is 0 Å². The van der Waals surface area contributed by atoms with Gasteiger partial charge in [0.05, 0.1) is 10.7 Å². The van der Waals surface area contributed by atoms with Crippen LogP contribution in [0.5, 0.6) is 0 Å². The molecule has 0 atom stereocenters. The van der Waals surface area contributed by atoms with E-state index in [1.54, 1.807) is 12.1 Å². The number of hydrogen-bond acceptors (Lipinski definition) is 2. The summed E-state index contributed by atoms with van der Waals surface area (Å²) in [6.45, 7) is 0. The summed E-state index contributed by atoms with van der Waals surface area (Å²) in [4.78, 5) is 13.2. The van der Waals surface area contributed by atoms with Gasteiger partial charge < -0.3 is 10.0 Å². The quantitative estimate of drug-likeness (QED) is 0.882. The van der Waals surface area contributed by atoms with Crippen molar-refractivity contribution in [2.45, 2.75) is 25.3 Å². The zero-order chi connectivity index (χ0) is 11.7. The van der Waals surface area contributed by atoms with Crippen LogP contribution in [0.3, 0.4) is 0 Å². The SMILES string of the molecule is CN(c1cccc(Cl)c1C(=O)O)C1CCC1. The molecule has 1 fully saturated rings. The zero-order valence-corrected chi connectivity index (χ0v) is 9.87. The number of carboxylic acids is 1. The Morgan fingerprint density at radius 3 is 2.69 bits per heavy atom. The number of carbonyl (C=O) groups is 1. The summed E-state index contributed by atoms with van der Waals surface area (Å²) in [5.74, 6) is -0.966. The predicted molar refractivity (Wildman–Crippen MR) is 64.5 cm³/mol. The van der Waals surface area contributed by atoms with Crippen molar-refractivity contribution in [3.8, 4) is 0 Å². The van der Waals surface area contributed by atoms with Gasteiger partial charge in [-0.1, -0.05) is 17.7 Å². The molecule has 0 aliphatic heterocycles. The second kappa shape index (κ2) is 4.34. The lowest BCUT2D eigenvalue weighted by Gasteiger charge is -2.37. The maximum atomic E-state index is 11.2. The molecule has 1 aliphatic rings. The van der Waals surface area contributed by atoms with E-state index in [4.69, 9.17) is 16.7 Å². The van der Waals surface area contributed by atoms with Crippen LogP contribution in [0.2, 0.25) is 5.02 Å². The number of nitrogens with zero attached hydrogens (tertiary/aromatic N) is 1. The van der Waals surface area contributed by atoms with Crippen molar-refractivity contribution in [2.24, 2.45) is 0 Å². The highest BCUT2D eigenvalue weighted by Crippen LogP contribution is 2.33. The van der Waals surface area contributed by atoms with Gasteiger partial charge in [-0.25, -0.2) is 4.79 Å². The minimum atomic E-state index is -0.966. The summed E-state index contributed by atoms with van der Waals surface area (Å²) in [5, 5.41) is 9.46. The van der Waals surface area contributed by atoms with Crippen molar-refractivity contribution in [3.05, 3.63) is 28.8 Å². The first-order chi connectivity index (χ1) is 7.61. The molecule has 0 radical (unpaired) electrons. The lowest BCUT2D eigenvalue weighted by Crippen LogP contribution is -2.37. The van der Waals surface area contributed by atoms with E-state index >= 15 is 0 Å². The van der Waals surface area contributed by atoms with Crippen molar-refractivity contribution in [3.63, 3.8) is 0 Å². The molecule has 1 aromatic rings. The van der Waals surface area contributed by atoms with Gasteiger partial charge in [-0.15, -0.1) is 0 Å². The highest BCUT2D eigenvalue weighted by molar-refractivity contribution is 6.34. The smallest absolute Gasteiger partial charge is 0.339 e. The van der Waals surface area contributed by atoms with Crippen LogP contribution in [0.4, 0.5) is 5.69 Å². The minimum absolute atomic E-state index is 0.207. The number of carboxylic acid groups (broad SMARTS) is 1. The fourth-order valence-electron chi connectivity index (χ4n) is 1.99. The molecule has 1 N–H and O–H groups in total. The van der Waals surface area contributed by atoms with Crippen LogP contribution in [0, 0.1) is 0 Å². The molecule has 0 saturated heterocycles. The first-order valence-electron chi connectivity index (χ1n) is 5.36. The minimum Gasteiger partial charge on any atom is -0.478 e. The Hall–Kier alpha value is -1.22. The van der Waals surface area contributed by atoms with Gasteiger partial charge in [-0.05, 0) is 31.4 Å². The molecule has 0 unspecified atom stereocenters. The normalized spacial score (nSPS) is 15.6. The zero-order valence-electron chi connectivity index (χ0n) is 9.11. The predicted octanol–water partition coefficient (Wildman–Crippen LogP) is 3.03. The summed E-state index contributed by atoms with van der Waals surface area (Å²) in [6, 6.07) is 5.67. The monoisotopic (exact) mass is 239 g/mol. The summed E-state index contributed by atoms with van der Waals surface area (Å²) in [7, 11) is 1.93. The van der Waals surface area contributed by atoms with Crippen molar-refractivity contribution in [1.29, 1.82) is 0 Å². The molecule has 16 heavy (non-hydrogen) atoms. The van der Waals surface area contributed by atoms with E-state index in [0.29, 0.717) is 16.8 Å². The summed E-state index contributed by atoms with van der Waals surface area (Å²) < 4.78 is 0. The summed E-state index contributed by atoms with van der Waals surface area (Å²) in [5.41, 5.74) is 0.920. The van der Waals surface area contributed by atoms with E-state index in [-0.39, 0.29) is 5.56 Å². The molecule has 1 aromatic carbocycles. The lowest BCUT2D eigenvalue weighted by molar-refractivity contribution is 0.0697. The molecule has 0 amide bonds. The van der Waals surface area contributed by atoms with Gasteiger partial charge in [0.2, 0.25) is 0 Å². The third-order valence-electron chi connectivity index (χ3n) is 3.21. The second-order valence-electron chi connectivity index (χ2n) is 4.13. The Morgan fingerprint density at radius 1 is 1.50 bits per heavy atom. The standard InChI is InChI=1S/C12H14ClNO2/c1-14(8-4-2-5-8)10-7-3-6-9(13)11(10)12(15)16/h3,6-8H,2,4-5H2,1H3,(H,15,16). The van der Waals surface area contributed by atoms with Crippen LogP contribution in [-0.4, -0.2) is 24.2 Å². The van der Waals surface area contributed by atoms with E-state index in [1.807, 2.05) is 18.0 Å². The van der Waals surface area contributed by atoms with E-state index in [1.165, 1.54) is 6.42 Å². The van der Waals surface area contributed by atoms with Gasteiger partial charge in [0.25, 0.3) is 0 Å². The van der Waals surface area contributed by atoms with E-state index < -0.39 is 5.97 Å². The molecule has 3 nitrogen and oxygen atoms in total.